The largest absolute Gasteiger partial charge is 0.454 e. The highest BCUT2D eigenvalue weighted by atomic mass is 32.2. The van der Waals surface area contributed by atoms with E-state index in [2.05, 4.69) is 10.2 Å². The first-order valence-corrected chi connectivity index (χ1v) is 8.34. The highest BCUT2D eigenvalue weighted by Gasteiger charge is 2.17. The van der Waals surface area contributed by atoms with E-state index in [1.165, 1.54) is 11.8 Å². The normalized spacial score (nSPS) is 12.4. The van der Waals surface area contributed by atoms with Crippen molar-refractivity contribution < 1.29 is 18.7 Å². The van der Waals surface area contributed by atoms with Crippen molar-refractivity contribution in [3.8, 4) is 23.0 Å². The molecule has 2 aromatic rings. The number of nitrogens with zero attached hydrogens (tertiary/aromatic N) is 3. The number of amides is 1. The first kappa shape index (κ1) is 15.7. The predicted octanol–water partition coefficient (Wildman–Crippen LogP) is 2.43. The van der Waals surface area contributed by atoms with Crippen LogP contribution in [-0.4, -0.2) is 46.6 Å². The van der Waals surface area contributed by atoms with Gasteiger partial charge >= 0.3 is 0 Å². The summed E-state index contributed by atoms with van der Waals surface area (Å²) in [4.78, 5) is 13.7. The van der Waals surface area contributed by atoms with Crippen LogP contribution in [0.1, 0.15) is 13.8 Å². The third kappa shape index (κ3) is 3.42. The second-order valence-corrected chi connectivity index (χ2v) is 5.72. The number of ether oxygens (including phenoxy) is 2. The third-order valence-corrected chi connectivity index (χ3v) is 4.26. The molecule has 0 unspecified atom stereocenters. The van der Waals surface area contributed by atoms with E-state index in [1.807, 2.05) is 19.9 Å². The Morgan fingerprint density at radius 2 is 2.00 bits per heavy atom. The molecule has 1 aliphatic heterocycles. The molecule has 0 saturated heterocycles. The Kier molecular flexibility index (Phi) is 4.71. The van der Waals surface area contributed by atoms with E-state index >= 15 is 0 Å². The van der Waals surface area contributed by atoms with Gasteiger partial charge in [0.1, 0.15) is 0 Å². The molecule has 0 atom stereocenters. The molecule has 0 saturated carbocycles. The second-order valence-electron chi connectivity index (χ2n) is 4.80. The van der Waals surface area contributed by atoms with Gasteiger partial charge in [0.2, 0.25) is 18.6 Å². The molecule has 1 aromatic heterocycles. The summed E-state index contributed by atoms with van der Waals surface area (Å²) < 4.78 is 16.2. The van der Waals surface area contributed by atoms with Crippen LogP contribution in [0.4, 0.5) is 0 Å². The average Bonchev–Trinajstić information content (AvgIpc) is 3.22. The fraction of sp³-hybridized carbons (Fsp3) is 0.400. The van der Waals surface area contributed by atoms with Gasteiger partial charge in [-0.1, -0.05) is 11.8 Å². The summed E-state index contributed by atoms with van der Waals surface area (Å²) in [5.41, 5.74) is 0.753. The van der Waals surface area contributed by atoms with Gasteiger partial charge in [0.25, 0.3) is 5.22 Å². The van der Waals surface area contributed by atoms with Crippen LogP contribution in [0.5, 0.6) is 11.5 Å². The van der Waals surface area contributed by atoms with E-state index in [1.54, 1.807) is 17.0 Å². The van der Waals surface area contributed by atoms with Crippen molar-refractivity contribution in [3.05, 3.63) is 18.2 Å². The van der Waals surface area contributed by atoms with Gasteiger partial charge in [0, 0.05) is 18.7 Å². The topological polar surface area (TPSA) is 77.7 Å². The van der Waals surface area contributed by atoms with E-state index in [9.17, 15) is 4.79 Å². The van der Waals surface area contributed by atoms with Crippen LogP contribution < -0.4 is 9.47 Å². The lowest BCUT2D eigenvalue weighted by atomic mass is 10.2. The molecule has 0 bridgehead atoms. The molecule has 1 amide bonds. The van der Waals surface area contributed by atoms with Gasteiger partial charge in [0.05, 0.1) is 5.75 Å². The number of carbonyl (C=O) groups is 1. The van der Waals surface area contributed by atoms with Gasteiger partial charge in [0.15, 0.2) is 11.5 Å². The van der Waals surface area contributed by atoms with E-state index < -0.39 is 0 Å². The number of carbonyl (C=O) groups excluding carboxylic acids is 1. The Morgan fingerprint density at radius 1 is 1.22 bits per heavy atom. The van der Waals surface area contributed by atoms with E-state index in [0.717, 1.165) is 5.56 Å². The summed E-state index contributed by atoms with van der Waals surface area (Å²) >= 11 is 1.24. The van der Waals surface area contributed by atoms with Crippen molar-refractivity contribution in [1.29, 1.82) is 0 Å². The molecule has 1 aromatic carbocycles. The molecule has 0 aliphatic carbocycles. The SMILES string of the molecule is CCN(CC)C(=O)CSc1nnc(-c2ccc3c(c2)OCO3)o1. The van der Waals surface area contributed by atoms with Crippen LogP contribution >= 0.6 is 11.8 Å². The maximum Gasteiger partial charge on any atom is 0.277 e. The summed E-state index contributed by atoms with van der Waals surface area (Å²) in [7, 11) is 0. The molecule has 3 rings (SSSR count). The fourth-order valence-electron chi connectivity index (χ4n) is 2.21. The van der Waals surface area contributed by atoms with Crippen LogP contribution in [0.15, 0.2) is 27.8 Å². The van der Waals surface area contributed by atoms with Crippen LogP contribution in [0, 0.1) is 0 Å². The minimum atomic E-state index is 0.0582. The monoisotopic (exact) mass is 335 g/mol. The van der Waals surface area contributed by atoms with Crippen molar-refractivity contribution in [2.75, 3.05) is 25.6 Å². The number of fused-ring (bicyclic) bond motifs is 1. The first-order valence-electron chi connectivity index (χ1n) is 7.35. The molecule has 23 heavy (non-hydrogen) atoms. The lowest BCUT2D eigenvalue weighted by molar-refractivity contribution is -0.127. The zero-order chi connectivity index (χ0) is 16.2. The Bertz CT molecular complexity index is 700. The summed E-state index contributed by atoms with van der Waals surface area (Å²) in [6, 6.07) is 5.43. The number of rotatable bonds is 6. The van der Waals surface area contributed by atoms with Gasteiger partial charge in [-0.05, 0) is 32.0 Å². The number of hydrogen-bond acceptors (Lipinski definition) is 7. The van der Waals surface area contributed by atoms with E-state index in [0.29, 0.717) is 35.7 Å². The summed E-state index contributed by atoms with van der Waals surface area (Å²) in [6.07, 6.45) is 0. The molecule has 2 heterocycles. The van der Waals surface area contributed by atoms with E-state index in [4.69, 9.17) is 13.9 Å². The van der Waals surface area contributed by atoms with Crippen molar-refractivity contribution in [2.45, 2.75) is 19.1 Å². The van der Waals surface area contributed by atoms with Crippen LogP contribution in [-0.2, 0) is 4.79 Å². The van der Waals surface area contributed by atoms with Crippen LogP contribution in [0.3, 0.4) is 0 Å². The lowest BCUT2D eigenvalue weighted by Crippen LogP contribution is -2.31. The Labute approximate surface area is 138 Å². The smallest absolute Gasteiger partial charge is 0.277 e. The van der Waals surface area contributed by atoms with Crippen molar-refractivity contribution >= 4 is 17.7 Å². The number of thioether (sulfide) groups is 1. The molecule has 1 aliphatic rings. The maximum absolute atomic E-state index is 12.0. The minimum Gasteiger partial charge on any atom is -0.454 e. The molecule has 0 radical (unpaired) electrons. The Balaban J connectivity index is 1.65. The zero-order valence-corrected chi connectivity index (χ0v) is 13.8. The van der Waals surface area contributed by atoms with Crippen molar-refractivity contribution in [3.63, 3.8) is 0 Å². The standard InChI is InChI=1S/C15H17N3O4S/c1-3-18(4-2)13(19)8-23-15-17-16-14(22-15)10-5-6-11-12(7-10)21-9-20-11/h5-7H,3-4,8-9H2,1-2H3. The molecule has 0 fully saturated rings. The molecular weight excluding hydrogens is 318 g/mol. The van der Waals surface area contributed by atoms with E-state index in [-0.39, 0.29) is 18.5 Å². The van der Waals surface area contributed by atoms with Gasteiger partial charge in [-0.25, -0.2) is 0 Å². The molecule has 7 nitrogen and oxygen atoms in total. The van der Waals surface area contributed by atoms with Gasteiger partial charge in [-0.15, -0.1) is 10.2 Å². The quantitative estimate of drug-likeness (QED) is 0.750. The molecule has 0 N–H and O–H groups in total. The zero-order valence-electron chi connectivity index (χ0n) is 12.9. The number of hydrogen-bond donors (Lipinski definition) is 0. The fourth-order valence-corrected chi connectivity index (χ4v) is 2.87. The van der Waals surface area contributed by atoms with Crippen molar-refractivity contribution in [2.24, 2.45) is 0 Å². The molecule has 0 spiro atoms. The third-order valence-electron chi connectivity index (χ3n) is 3.46. The van der Waals surface area contributed by atoms with Crippen LogP contribution in [0.2, 0.25) is 0 Å². The Morgan fingerprint density at radius 3 is 2.78 bits per heavy atom. The molecule has 122 valence electrons. The summed E-state index contributed by atoms with van der Waals surface area (Å²) in [6.45, 7) is 5.52. The second kappa shape index (κ2) is 6.91. The lowest BCUT2D eigenvalue weighted by Gasteiger charge is -2.17. The number of benzene rings is 1. The maximum atomic E-state index is 12.0. The Hall–Kier alpha value is -2.22. The minimum absolute atomic E-state index is 0.0582. The molecule has 8 heteroatoms. The first-order chi connectivity index (χ1) is 11.2. The highest BCUT2D eigenvalue weighted by molar-refractivity contribution is 7.99. The highest BCUT2D eigenvalue weighted by Crippen LogP contribution is 2.35. The van der Waals surface area contributed by atoms with Crippen LogP contribution in [0.25, 0.3) is 11.5 Å². The number of aromatic nitrogens is 2. The average molecular weight is 335 g/mol. The van der Waals surface area contributed by atoms with Gasteiger partial charge < -0.3 is 18.8 Å². The van der Waals surface area contributed by atoms with Gasteiger partial charge in [-0.2, -0.15) is 0 Å². The van der Waals surface area contributed by atoms with Gasteiger partial charge in [-0.3, -0.25) is 4.79 Å². The van der Waals surface area contributed by atoms with Crippen molar-refractivity contribution in [1.82, 2.24) is 15.1 Å². The summed E-state index contributed by atoms with van der Waals surface area (Å²) in [5.74, 6) is 2.09. The molecular formula is C15H17N3O4S. The summed E-state index contributed by atoms with van der Waals surface area (Å²) in [5, 5.41) is 8.36. The predicted molar refractivity (Wildman–Crippen MR) is 84.5 cm³/mol.